The molecule has 0 aliphatic carbocycles. The first-order chi connectivity index (χ1) is 14.5. The van der Waals surface area contributed by atoms with Crippen molar-refractivity contribution in [2.45, 2.75) is 64.2 Å². The third kappa shape index (κ3) is 5.17. The maximum Gasteiger partial charge on any atom is 0.495 e. The van der Waals surface area contributed by atoms with Gasteiger partial charge in [-0.1, -0.05) is 36.4 Å². The van der Waals surface area contributed by atoms with Gasteiger partial charge in [-0.05, 0) is 75.2 Å². The van der Waals surface area contributed by atoms with Gasteiger partial charge in [0.15, 0.2) is 0 Å². The molecule has 1 atom stereocenters. The van der Waals surface area contributed by atoms with Crippen LogP contribution in [0.2, 0.25) is 0 Å². The first kappa shape index (κ1) is 23.4. The molecule has 1 heterocycles. The molecule has 0 spiro atoms. The van der Waals surface area contributed by atoms with E-state index in [0.29, 0.717) is 29.4 Å². The highest BCUT2D eigenvalue weighted by Gasteiger charge is 2.52. The van der Waals surface area contributed by atoms with Crippen LogP contribution in [0.5, 0.6) is 0 Å². The van der Waals surface area contributed by atoms with Crippen LogP contribution < -0.4 is 11.2 Å². The summed E-state index contributed by atoms with van der Waals surface area (Å²) in [7, 11) is 0.574. The largest absolute Gasteiger partial charge is 0.495 e. The van der Waals surface area contributed by atoms with E-state index >= 15 is 4.39 Å². The highest BCUT2D eigenvalue weighted by molar-refractivity contribution is 6.62. The summed E-state index contributed by atoms with van der Waals surface area (Å²) in [6.07, 6.45) is 1.35. The molecule has 1 saturated heterocycles. The number of nitrogens with two attached hydrogens (primary N) is 1. The van der Waals surface area contributed by atoms with Crippen molar-refractivity contribution in [2.75, 3.05) is 7.11 Å². The Balaban J connectivity index is 1.96. The lowest BCUT2D eigenvalue weighted by atomic mass is 9.73. The molecule has 7 heteroatoms. The molecule has 1 aliphatic rings. The van der Waals surface area contributed by atoms with E-state index < -0.39 is 30.3 Å². The van der Waals surface area contributed by atoms with Gasteiger partial charge in [0, 0.05) is 0 Å². The zero-order chi connectivity index (χ0) is 22.8. The van der Waals surface area contributed by atoms with Gasteiger partial charge < -0.3 is 19.8 Å². The van der Waals surface area contributed by atoms with Crippen LogP contribution >= 0.6 is 0 Å². The summed E-state index contributed by atoms with van der Waals surface area (Å²) in [6.45, 7) is 7.85. The summed E-state index contributed by atoms with van der Waals surface area (Å²) < 4.78 is 32.4. The summed E-state index contributed by atoms with van der Waals surface area (Å²) in [4.78, 5) is 11.7. The van der Waals surface area contributed by atoms with E-state index in [2.05, 4.69) is 0 Å². The highest BCUT2D eigenvalue weighted by atomic mass is 19.1. The van der Waals surface area contributed by atoms with Crippen molar-refractivity contribution >= 4 is 18.6 Å². The molecular formula is C24H31BFNO4. The van der Waals surface area contributed by atoms with E-state index in [0.717, 1.165) is 5.56 Å². The number of benzene rings is 2. The van der Waals surface area contributed by atoms with Crippen molar-refractivity contribution in [1.29, 1.82) is 0 Å². The number of hydrogen-bond donors (Lipinski definition) is 1. The molecule has 0 unspecified atom stereocenters. The Kier molecular flexibility index (Phi) is 6.89. The normalized spacial score (nSPS) is 18.1. The number of esters is 1. The lowest BCUT2D eigenvalue weighted by Gasteiger charge is -2.32. The molecule has 166 valence electrons. The molecule has 2 aromatic rings. The summed E-state index contributed by atoms with van der Waals surface area (Å²) in [5, 5.41) is 0. The Morgan fingerprint density at radius 3 is 2.26 bits per heavy atom. The van der Waals surface area contributed by atoms with Crippen LogP contribution in [-0.4, -0.2) is 37.4 Å². The standard InChI is InChI=1S/C24H31BFNO4/c1-23(2)24(3,4)31-25(30-23)19-13-17(15-21(27)22(28)29-5)14-20(26)18(19)12-11-16-9-7-6-8-10-16/h6-10,13-14,21H,11-12,15,27H2,1-5H3/t21-/m0/s1. The molecule has 1 fully saturated rings. The van der Waals surface area contributed by atoms with Gasteiger partial charge in [-0.3, -0.25) is 4.79 Å². The number of hydrogen-bond acceptors (Lipinski definition) is 5. The van der Waals surface area contributed by atoms with Gasteiger partial charge in [-0.15, -0.1) is 0 Å². The van der Waals surface area contributed by atoms with E-state index in [9.17, 15) is 4.79 Å². The van der Waals surface area contributed by atoms with Gasteiger partial charge in [0.1, 0.15) is 11.9 Å². The maximum atomic E-state index is 15.3. The maximum absolute atomic E-state index is 15.3. The first-order valence-corrected chi connectivity index (χ1v) is 10.6. The molecule has 2 aromatic carbocycles. The van der Waals surface area contributed by atoms with Gasteiger partial charge in [0.25, 0.3) is 0 Å². The monoisotopic (exact) mass is 427 g/mol. The van der Waals surface area contributed by atoms with Crippen molar-refractivity contribution in [2.24, 2.45) is 5.73 Å². The zero-order valence-corrected chi connectivity index (χ0v) is 18.9. The second kappa shape index (κ2) is 9.11. The van der Waals surface area contributed by atoms with Crippen LogP contribution in [0.4, 0.5) is 4.39 Å². The summed E-state index contributed by atoms with van der Waals surface area (Å²) in [5.41, 5.74) is 7.73. The lowest BCUT2D eigenvalue weighted by molar-refractivity contribution is -0.142. The average molecular weight is 427 g/mol. The van der Waals surface area contributed by atoms with E-state index in [1.807, 2.05) is 64.1 Å². The van der Waals surface area contributed by atoms with Crippen molar-refractivity contribution < 1.29 is 23.2 Å². The molecule has 31 heavy (non-hydrogen) atoms. The van der Waals surface area contributed by atoms with Crippen molar-refractivity contribution in [1.82, 2.24) is 0 Å². The number of carbonyl (C=O) groups excluding carboxylic acids is 1. The predicted octanol–water partition coefficient (Wildman–Crippen LogP) is 2.95. The third-order valence-electron chi connectivity index (χ3n) is 6.26. The van der Waals surface area contributed by atoms with E-state index in [1.54, 1.807) is 0 Å². The number of ether oxygens (including phenoxy) is 1. The van der Waals surface area contributed by atoms with Crippen LogP contribution in [0.25, 0.3) is 0 Å². The SMILES string of the molecule is COC(=O)[C@@H](N)Cc1cc(F)c(CCc2ccccc2)c(B2OC(C)(C)C(C)(C)O2)c1. The highest BCUT2D eigenvalue weighted by Crippen LogP contribution is 2.37. The lowest BCUT2D eigenvalue weighted by Crippen LogP contribution is -2.41. The molecule has 0 radical (unpaired) electrons. The quantitative estimate of drug-likeness (QED) is 0.544. The summed E-state index contributed by atoms with van der Waals surface area (Å²) in [6, 6.07) is 12.4. The molecule has 3 rings (SSSR count). The molecule has 2 N–H and O–H groups in total. The molecule has 5 nitrogen and oxygen atoms in total. The van der Waals surface area contributed by atoms with Crippen LogP contribution in [0.3, 0.4) is 0 Å². The molecular weight excluding hydrogens is 396 g/mol. The van der Waals surface area contributed by atoms with E-state index in [1.165, 1.54) is 13.2 Å². The fourth-order valence-corrected chi connectivity index (χ4v) is 3.68. The molecule has 0 saturated carbocycles. The Labute approximate surface area is 184 Å². The molecule has 0 amide bonds. The molecule has 0 aromatic heterocycles. The fourth-order valence-electron chi connectivity index (χ4n) is 3.68. The van der Waals surface area contributed by atoms with Gasteiger partial charge >= 0.3 is 13.1 Å². The van der Waals surface area contributed by atoms with Crippen molar-refractivity contribution in [3.63, 3.8) is 0 Å². The summed E-state index contributed by atoms with van der Waals surface area (Å²) >= 11 is 0. The zero-order valence-electron chi connectivity index (χ0n) is 18.9. The fraction of sp³-hybridized carbons (Fsp3) is 0.458. The first-order valence-electron chi connectivity index (χ1n) is 10.6. The van der Waals surface area contributed by atoms with Crippen LogP contribution in [0, 0.1) is 5.82 Å². The number of aryl methyl sites for hydroxylation is 1. The number of methoxy groups -OCH3 is 1. The number of halogens is 1. The van der Waals surface area contributed by atoms with Crippen molar-refractivity contribution in [3.05, 3.63) is 65.0 Å². The Hall–Kier alpha value is -2.22. The predicted molar refractivity (Wildman–Crippen MR) is 120 cm³/mol. The van der Waals surface area contributed by atoms with E-state index in [4.69, 9.17) is 19.8 Å². The minimum absolute atomic E-state index is 0.162. The summed E-state index contributed by atoms with van der Waals surface area (Å²) in [5.74, 6) is -0.888. The number of carbonyl (C=O) groups is 1. The number of rotatable bonds is 7. The smallest absolute Gasteiger partial charge is 0.468 e. The third-order valence-corrected chi connectivity index (χ3v) is 6.26. The Morgan fingerprint density at radius 2 is 1.68 bits per heavy atom. The van der Waals surface area contributed by atoms with Gasteiger partial charge in [0.2, 0.25) is 0 Å². The van der Waals surface area contributed by atoms with Gasteiger partial charge in [0.05, 0.1) is 18.3 Å². The van der Waals surface area contributed by atoms with Crippen LogP contribution in [-0.2, 0) is 38.1 Å². The van der Waals surface area contributed by atoms with Gasteiger partial charge in [-0.2, -0.15) is 0 Å². The van der Waals surface area contributed by atoms with E-state index in [-0.39, 0.29) is 12.2 Å². The van der Waals surface area contributed by atoms with Crippen molar-refractivity contribution in [3.8, 4) is 0 Å². The minimum Gasteiger partial charge on any atom is -0.468 e. The second-order valence-electron chi connectivity index (χ2n) is 9.05. The van der Waals surface area contributed by atoms with Gasteiger partial charge in [-0.25, -0.2) is 4.39 Å². The second-order valence-corrected chi connectivity index (χ2v) is 9.05. The topological polar surface area (TPSA) is 70.8 Å². The molecule has 0 bridgehead atoms. The minimum atomic E-state index is -0.870. The molecule has 1 aliphatic heterocycles. The van der Waals surface area contributed by atoms with Crippen LogP contribution in [0.15, 0.2) is 42.5 Å². The van der Waals surface area contributed by atoms with Crippen LogP contribution in [0.1, 0.15) is 44.4 Å². The Morgan fingerprint density at radius 1 is 1.06 bits per heavy atom. The Bertz CT molecular complexity index is 917. The average Bonchev–Trinajstić information content (AvgIpc) is 2.94.